The molecule has 0 aliphatic carbocycles. The van der Waals surface area contributed by atoms with E-state index >= 15 is 0 Å². The molecule has 0 saturated heterocycles. The third-order valence-electron chi connectivity index (χ3n) is 2.41. The van der Waals surface area contributed by atoms with Crippen LogP contribution in [0.15, 0.2) is 12.1 Å². The van der Waals surface area contributed by atoms with Crippen LogP contribution in [-0.2, 0) is 4.79 Å². The van der Waals surface area contributed by atoms with Crippen LogP contribution >= 0.6 is 11.6 Å². The van der Waals surface area contributed by atoms with Crippen molar-refractivity contribution in [1.82, 2.24) is 10.2 Å². The second kappa shape index (κ2) is 8.01. The molecule has 1 aromatic heterocycles. The number of hydrogen-bond acceptors (Lipinski definition) is 3. The molecule has 1 amide bonds. The first kappa shape index (κ1) is 13.9. The summed E-state index contributed by atoms with van der Waals surface area (Å²) >= 11 is 5.59. The Hall–Kier alpha value is -1.16. The zero-order valence-electron chi connectivity index (χ0n) is 10.1. The zero-order valence-corrected chi connectivity index (χ0v) is 10.8. The number of nitrogens with one attached hydrogen (secondary N) is 1. The number of anilines is 1. The fourth-order valence-corrected chi connectivity index (χ4v) is 1.58. The molecule has 0 saturated carbocycles. The van der Waals surface area contributed by atoms with E-state index in [9.17, 15) is 4.79 Å². The van der Waals surface area contributed by atoms with E-state index < -0.39 is 0 Å². The predicted molar refractivity (Wildman–Crippen MR) is 69.0 cm³/mol. The largest absolute Gasteiger partial charge is 0.309 e. The minimum atomic E-state index is -0.0156. The topological polar surface area (TPSA) is 54.9 Å². The Morgan fingerprint density at radius 2 is 2.00 bits per heavy atom. The molecule has 0 radical (unpaired) electrons. The van der Waals surface area contributed by atoms with Gasteiger partial charge in [-0.05, 0) is 18.6 Å². The lowest BCUT2D eigenvalue weighted by Gasteiger charge is -2.03. The average Bonchev–Trinajstić information content (AvgIpc) is 2.32. The number of aromatic nitrogens is 2. The summed E-state index contributed by atoms with van der Waals surface area (Å²) in [4.78, 5) is 11.5. The molecule has 17 heavy (non-hydrogen) atoms. The van der Waals surface area contributed by atoms with Crippen LogP contribution in [0.5, 0.6) is 0 Å². The predicted octanol–water partition coefficient (Wildman–Crippen LogP) is 3.43. The number of carbonyl (C=O) groups is 1. The van der Waals surface area contributed by atoms with Crippen LogP contribution in [-0.4, -0.2) is 16.1 Å². The fraction of sp³-hybridized carbons (Fsp3) is 0.583. The van der Waals surface area contributed by atoms with Crippen LogP contribution in [0.2, 0.25) is 5.15 Å². The first-order valence-electron chi connectivity index (χ1n) is 6.01. The van der Waals surface area contributed by atoms with Gasteiger partial charge in [0.05, 0.1) is 0 Å². The minimum absolute atomic E-state index is 0.0156. The third-order valence-corrected chi connectivity index (χ3v) is 2.61. The molecule has 0 aliphatic heterocycles. The van der Waals surface area contributed by atoms with Crippen molar-refractivity contribution in [2.24, 2.45) is 0 Å². The van der Waals surface area contributed by atoms with E-state index in [0.717, 1.165) is 12.8 Å². The molecule has 0 atom stereocenters. The van der Waals surface area contributed by atoms with Crippen molar-refractivity contribution in [2.75, 3.05) is 5.32 Å². The Balaban J connectivity index is 2.18. The van der Waals surface area contributed by atoms with Crippen molar-refractivity contribution in [3.63, 3.8) is 0 Å². The molecule has 1 N–H and O–H groups in total. The van der Waals surface area contributed by atoms with Gasteiger partial charge in [0.25, 0.3) is 0 Å². The van der Waals surface area contributed by atoms with Crippen LogP contribution in [0, 0.1) is 0 Å². The van der Waals surface area contributed by atoms with E-state index in [-0.39, 0.29) is 5.91 Å². The van der Waals surface area contributed by atoms with Gasteiger partial charge in [0.2, 0.25) is 5.91 Å². The summed E-state index contributed by atoms with van der Waals surface area (Å²) in [5, 5.41) is 10.4. The standard InChI is InChI=1S/C12H18ClN3O/c1-2-3-4-5-6-7-12(17)14-11-9-8-10(13)15-16-11/h8-9H,2-7H2,1H3,(H,14,16,17). The van der Waals surface area contributed by atoms with Gasteiger partial charge in [-0.15, -0.1) is 10.2 Å². The number of unbranched alkanes of at least 4 members (excludes halogenated alkanes) is 4. The molecule has 0 unspecified atom stereocenters. The van der Waals surface area contributed by atoms with Gasteiger partial charge < -0.3 is 5.32 Å². The molecule has 0 aromatic carbocycles. The summed E-state index contributed by atoms with van der Waals surface area (Å²) in [6, 6.07) is 3.25. The van der Waals surface area contributed by atoms with Gasteiger partial charge in [-0.1, -0.05) is 44.2 Å². The molecule has 1 heterocycles. The second-order valence-electron chi connectivity index (χ2n) is 3.95. The number of amides is 1. The highest BCUT2D eigenvalue weighted by Crippen LogP contribution is 2.08. The van der Waals surface area contributed by atoms with Crippen LogP contribution in [0.3, 0.4) is 0 Å². The Kier molecular flexibility index (Phi) is 6.55. The van der Waals surface area contributed by atoms with Crippen LogP contribution in [0.25, 0.3) is 0 Å². The van der Waals surface area contributed by atoms with Gasteiger partial charge in [-0.2, -0.15) is 0 Å². The molecule has 0 aliphatic rings. The van der Waals surface area contributed by atoms with Gasteiger partial charge in [0, 0.05) is 6.42 Å². The molecular weight excluding hydrogens is 238 g/mol. The van der Waals surface area contributed by atoms with E-state index in [1.165, 1.54) is 19.3 Å². The average molecular weight is 256 g/mol. The molecule has 94 valence electrons. The number of hydrogen-bond donors (Lipinski definition) is 1. The monoisotopic (exact) mass is 255 g/mol. The lowest BCUT2D eigenvalue weighted by Crippen LogP contribution is -2.12. The number of carbonyl (C=O) groups excluding carboxylic acids is 1. The Labute approximate surface area is 107 Å². The maximum Gasteiger partial charge on any atom is 0.225 e. The normalized spacial score (nSPS) is 10.2. The Morgan fingerprint density at radius 3 is 2.65 bits per heavy atom. The summed E-state index contributed by atoms with van der Waals surface area (Å²) < 4.78 is 0. The van der Waals surface area contributed by atoms with E-state index in [4.69, 9.17) is 11.6 Å². The van der Waals surface area contributed by atoms with Crippen LogP contribution in [0.1, 0.15) is 45.4 Å². The Morgan fingerprint density at radius 1 is 1.24 bits per heavy atom. The summed E-state index contributed by atoms with van der Waals surface area (Å²) in [5.74, 6) is 0.436. The lowest BCUT2D eigenvalue weighted by molar-refractivity contribution is -0.116. The van der Waals surface area contributed by atoms with E-state index in [1.807, 2.05) is 0 Å². The van der Waals surface area contributed by atoms with Crippen molar-refractivity contribution >= 4 is 23.3 Å². The lowest BCUT2D eigenvalue weighted by atomic mass is 10.1. The van der Waals surface area contributed by atoms with Crippen molar-refractivity contribution < 1.29 is 4.79 Å². The molecule has 0 fully saturated rings. The van der Waals surface area contributed by atoms with Gasteiger partial charge in [0.15, 0.2) is 11.0 Å². The maximum absolute atomic E-state index is 11.5. The van der Waals surface area contributed by atoms with Crippen molar-refractivity contribution in [2.45, 2.75) is 45.4 Å². The number of rotatable bonds is 7. The van der Waals surface area contributed by atoms with Gasteiger partial charge in [-0.25, -0.2) is 0 Å². The van der Waals surface area contributed by atoms with E-state index in [0.29, 0.717) is 17.4 Å². The molecule has 0 spiro atoms. The zero-order chi connectivity index (χ0) is 12.5. The van der Waals surface area contributed by atoms with Gasteiger partial charge in [0.1, 0.15) is 0 Å². The third kappa shape index (κ3) is 6.22. The van der Waals surface area contributed by atoms with E-state index in [2.05, 4.69) is 22.4 Å². The van der Waals surface area contributed by atoms with Crippen molar-refractivity contribution in [1.29, 1.82) is 0 Å². The highest BCUT2D eigenvalue weighted by atomic mass is 35.5. The summed E-state index contributed by atoms with van der Waals surface area (Å²) in [6.07, 6.45) is 6.22. The summed E-state index contributed by atoms with van der Waals surface area (Å²) in [7, 11) is 0. The van der Waals surface area contributed by atoms with Crippen LogP contribution in [0.4, 0.5) is 5.82 Å². The minimum Gasteiger partial charge on any atom is -0.309 e. The van der Waals surface area contributed by atoms with E-state index in [1.54, 1.807) is 12.1 Å². The second-order valence-corrected chi connectivity index (χ2v) is 4.34. The molecule has 4 nitrogen and oxygen atoms in total. The molecule has 0 bridgehead atoms. The number of nitrogens with zero attached hydrogens (tertiary/aromatic N) is 2. The molecule has 5 heteroatoms. The smallest absolute Gasteiger partial charge is 0.225 e. The first-order chi connectivity index (χ1) is 8.22. The summed E-state index contributed by atoms with van der Waals surface area (Å²) in [6.45, 7) is 2.17. The SMILES string of the molecule is CCCCCCCC(=O)Nc1ccc(Cl)nn1. The fourth-order valence-electron chi connectivity index (χ4n) is 1.48. The first-order valence-corrected chi connectivity index (χ1v) is 6.39. The highest BCUT2D eigenvalue weighted by Gasteiger charge is 2.03. The van der Waals surface area contributed by atoms with Gasteiger partial charge in [-0.3, -0.25) is 4.79 Å². The number of halogens is 1. The molecule has 1 aromatic rings. The highest BCUT2D eigenvalue weighted by molar-refractivity contribution is 6.29. The van der Waals surface area contributed by atoms with Gasteiger partial charge >= 0.3 is 0 Å². The van der Waals surface area contributed by atoms with Crippen molar-refractivity contribution in [3.05, 3.63) is 17.3 Å². The van der Waals surface area contributed by atoms with Crippen LogP contribution < -0.4 is 5.32 Å². The Bertz CT molecular complexity index is 340. The molecular formula is C12H18ClN3O. The molecule has 1 rings (SSSR count). The maximum atomic E-state index is 11.5. The van der Waals surface area contributed by atoms with Crippen molar-refractivity contribution in [3.8, 4) is 0 Å². The quantitative estimate of drug-likeness (QED) is 0.760. The summed E-state index contributed by atoms with van der Waals surface area (Å²) in [5.41, 5.74) is 0.